The van der Waals surface area contributed by atoms with E-state index in [4.69, 9.17) is 9.47 Å². The summed E-state index contributed by atoms with van der Waals surface area (Å²) in [6, 6.07) is 10.4. The van der Waals surface area contributed by atoms with Gasteiger partial charge in [0.1, 0.15) is 12.4 Å². The van der Waals surface area contributed by atoms with Crippen LogP contribution in [0, 0.1) is 0 Å². The number of amides is 3. The zero-order valence-electron chi connectivity index (χ0n) is 13.7. The number of imide groups is 1. The standard InChI is InChI=1S/C18H16N2O5S/c21-16(20-18(23)19-9-14-5-3-7-26-14)11-25-17(22)13-8-12-4-1-2-6-15(12)24-10-13/h1-8H,9-11H2,(H2,19,20,21,23). The van der Waals surface area contributed by atoms with Gasteiger partial charge in [-0.25, -0.2) is 9.59 Å². The van der Waals surface area contributed by atoms with Crippen molar-refractivity contribution in [1.29, 1.82) is 0 Å². The zero-order valence-corrected chi connectivity index (χ0v) is 14.5. The number of ether oxygens (including phenoxy) is 2. The maximum absolute atomic E-state index is 12.0. The number of esters is 1. The van der Waals surface area contributed by atoms with E-state index in [9.17, 15) is 14.4 Å². The highest BCUT2D eigenvalue weighted by Crippen LogP contribution is 2.25. The third-order valence-electron chi connectivity index (χ3n) is 3.48. The molecule has 3 amide bonds. The van der Waals surface area contributed by atoms with Gasteiger partial charge in [-0.15, -0.1) is 11.3 Å². The first-order chi connectivity index (χ1) is 12.6. The zero-order chi connectivity index (χ0) is 18.4. The number of nitrogens with one attached hydrogen (secondary N) is 2. The lowest BCUT2D eigenvalue weighted by molar-refractivity contribution is -0.144. The van der Waals surface area contributed by atoms with Crippen LogP contribution in [0.15, 0.2) is 47.4 Å². The molecule has 0 unspecified atom stereocenters. The number of benzene rings is 1. The molecule has 8 heteroatoms. The highest BCUT2D eigenvalue weighted by atomic mass is 32.1. The fourth-order valence-electron chi connectivity index (χ4n) is 2.25. The quantitative estimate of drug-likeness (QED) is 0.784. The van der Waals surface area contributed by atoms with Crippen LogP contribution >= 0.6 is 11.3 Å². The Balaban J connectivity index is 1.43. The van der Waals surface area contributed by atoms with Crippen LogP contribution in [0.5, 0.6) is 5.75 Å². The Bertz CT molecular complexity index is 845. The summed E-state index contributed by atoms with van der Waals surface area (Å²) in [5.74, 6) is -0.683. The number of carbonyl (C=O) groups excluding carboxylic acids is 3. The van der Waals surface area contributed by atoms with E-state index >= 15 is 0 Å². The lowest BCUT2D eigenvalue weighted by Gasteiger charge is -2.16. The molecular formula is C18H16N2O5S. The molecule has 7 nitrogen and oxygen atoms in total. The Morgan fingerprint density at radius 3 is 2.81 bits per heavy atom. The summed E-state index contributed by atoms with van der Waals surface area (Å²) in [7, 11) is 0. The largest absolute Gasteiger partial charge is 0.488 e. The average Bonchev–Trinajstić information content (AvgIpc) is 3.17. The summed E-state index contributed by atoms with van der Waals surface area (Å²) in [4.78, 5) is 36.3. The van der Waals surface area contributed by atoms with Gasteiger partial charge in [0.25, 0.3) is 5.91 Å². The molecule has 1 aromatic carbocycles. The van der Waals surface area contributed by atoms with Crippen LogP contribution in [0.1, 0.15) is 10.4 Å². The van der Waals surface area contributed by atoms with Gasteiger partial charge in [-0.2, -0.15) is 0 Å². The molecule has 0 saturated heterocycles. The van der Waals surface area contributed by atoms with Crippen molar-refractivity contribution in [2.75, 3.05) is 13.2 Å². The lowest BCUT2D eigenvalue weighted by Crippen LogP contribution is -2.41. The third kappa shape index (κ3) is 4.70. The normalized spacial score (nSPS) is 12.2. The Morgan fingerprint density at radius 1 is 1.15 bits per heavy atom. The van der Waals surface area contributed by atoms with Crippen molar-refractivity contribution >= 4 is 35.3 Å². The van der Waals surface area contributed by atoms with Crippen LogP contribution in [-0.4, -0.2) is 31.1 Å². The van der Waals surface area contributed by atoms with Crippen molar-refractivity contribution < 1.29 is 23.9 Å². The van der Waals surface area contributed by atoms with Crippen LogP contribution in [0.3, 0.4) is 0 Å². The molecule has 0 atom stereocenters. The van der Waals surface area contributed by atoms with E-state index in [-0.39, 0.29) is 6.61 Å². The number of fused-ring (bicyclic) bond motifs is 1. The average molecular weight is 372 g/mol. The fourth-order valence-corrected chi connectivity index (χ4v) is 2.89. The van der Waals surface area contributed by atoms with Crippen molar-refractivity contribution in [2.45, 2.75) is 6.54 Å². The molecular weight excluding hydrogens is 356 g/mol. The number of para-hydroxylation sites is 1. The molecule has 0 fully saturated rings. The molecule has 3 rings (SSSR count). The molecule has 2 N–H and O–H groups in total. The lowest BCUT2D eigenvalue weighted by atomic mass is 10.1. The molecule has 0 aliphatic carbocycles. The first kappa shape index (κ1) is 17.7. The van der Waals surface area contributed by atoms with Gasteiger partial charge < -0.3 is 14.8 Å². The molecule has 1 aliphatic rings. The Morgan fingerprint density at radius 2 is 2.00 bits per heavy atom. The summed E-state index contributed by atoms with van der Waals surface area (Å²) >= 11 is 1.49. The summed E-state index contributed by atoms with van der Waals surface area (Å²) < 4.78 is 10.4. The smallest absolute Gasteiger partial charge is 0.338 e. The monoisotopic (exact) mass is 372 g/mol. The predicted octanol–water partition coefficient (Wildman–Crippen LogP) is 2.09. The second kappa shape index (κ2) is 8.30. The van der Waals surface area contributed by atoms with Gasteiger partial charge in [0.05, 0.1) is 12.1 Å². The molecule has 2 heterocycles. The molecule has 1 aliphatic heterocycles. The van der Waals surface area contributed by atoms with Gasteiger partial charge in [-0.3, -0.25) is 10.1 Å². The third-order valence-corrected chi connectivity index (χ3v) is 4.36. The topological polar surface area (TPSA) is 93.7 Å². The van der Waals surface area contributed by atoms with Crippen molar-refractivity contribution in [3.8, 4) is 5.75 Å². The highest BCUT2D eigenvalue weighted by molar-refractivity contribution is 7.09. The van der Waals surface area contributed by atoms with E-state index < -0.39 is 24.5 Å². The van der Waals surface area contributed by atoms with Crippen molar-refractivity contribution in [2.24, 2.45) is 0 Å². The minimum atomic E-state index is -0.709. The maximum Gasteiger partial charge on any atom is 0.338 e. The van der Waals surface area contributed by atoms with E-state index in [0.717, 1.165) is 10.4 Å². The number of thiophene rings is 1. The van der Waals surface area contributed by atoms with Gasteiger partial charge >= 0.3 is 12.0 Å². The minimum absolute atomic E-state index is 0.0682. The van der Waals surface area contributed by atoms with Gasteiger partial charge in [-0.1, -0.05) is 24.3 Å². The summed E-state index contributed by atoms with van der Waals surface area (Å²) in [6.07, 6.45) is 1.66. The molecule has 134 valence electrons. The fraction of sp³-hybridized carbons (Fsp3) is 0.167. The van der Waals surface area contributed by atoms with Crippen LogP contribution in [0.4, 0.5) is 4.79 Å². The number of hydrogen-bond acceptors (Lipinski definition) is 6. The van der Waals surface area contributed by atoms with Gasteiger partial charge in [0.15, 0.2) is 6.61 Å². The Labute approximate surface area is 153 Å². The number of carbonyl (C=O) groups is 3. The Kier molecular flexibility index (Phi) is 5.65. The summed E-state index contributed by atoms with van der Waals surface area (Å²) in [5, 5.41) is 6.54. The molecule has 26 heavy (non-hydrogen) atoms. The molecule has 0 bridgehead atoms. The number of rotatable bonds is 5. The maximum atomic E-state index is 12.0. The minimum Gasteiger partial charge on any atom is -0.488 e. The summed E-state index contributed by atoms with van der Waals surface area (Å²) in [5.41, 5.74) is 1.07. The highest BCUT2D eigenvalue weighted by Gasteiger charge is 2.19. The first-order valence-electron chi connectivity index (χ1n) is 7.81. The SMILES string of the molecule is O=C(COC(=O)C1=Cc2ccccc2OC1)NC(=O)NCc1cccs1. The molecule has 0 radical (unpaired) electrons. The van der Waals surface area contributed by atoms with Crippen LogP contribution in [0.2, 0.25) is 0 Å². The molecule has 0 spiro atoms. The van der Waals surface area contributed by atoms with Crippen molar-refractivity contribution in [3.05, 3.63) is 57.8 Å². The molecule has 1 aromatic heterocycles. The van der Waals surface area contributed by atoms with Crippen molar-refractivity contribution in [3.63, 3.8) is 0 Å². The summed E-state index contributed by atoms with van der Waals surface area (Å²) in [6.45, 7) is -0.163. The van der Waals surface area contributed by atoms with Gasteiger partial charge in [0.2, 0.25) is 0 Å². The van der Waals surface area contributed by atoms with Crippen LogP contribution in [-0.2, 0) is 20.9 Å². The van der Waals surface area contributed by atoms with E-state index in [2.05, 4.69) is 10.6 Å². The number of urea groups is 1. The second-order valence-corrected chi connectivity index (χ2v) is 6.41. The number of hydrogen-bond donors (Lipinski definition) is 2. The van der Waals surface area contributed by atoms with Gasteiger partial charge in [0, 0.05) is 10.4 Å². The van der Waals surface area contributed by atoms with E-state index in [1.807, 2.05) is 35.7 Å². The molecule has 0 saturated carbocycles. The predicted molar refractivity (Wildman–Crippen MR) is 95.6 cm³/mol. The van der Waals surface area contributed by atoms with Crippen molar-refractivity contribution in [1.82, 2.24) is 10.6 Å². The molecule has 2 aromatic rings. The first-order valence-corrected chi connectivity index (χ1v) is 8.69. The van der Waals surface area contributed by atoms with E-state index in [1.54, 1.807) is 12.1 Å². The van der Waals surface area contributed by atoms with E-state index in [0.29, 0.717) is 17.9 Å². The van der Waals surface area contributed by atoms with Crippen LogP contribution < -0.4 is 15.4 Å². The van der Waals surface area contributed by atoms with Gasteiger partial charge in [-0.05, 0) is 23.6 Å². The Hall–Kier alpha value is -3.13. The second-order valence-electron chi connectivity index (χ2n) is 5.38. The van der Waals surface area contributed by atoms with E-state index in [1.165, 1.54) is 11.3 Å². The van der Waals surface area contributed by atoms with Crippen LogP contribution in [0.25, 0.3) is 6.08 Å².